The molecule has 0 unspecified atom stereocenters. The number of aromatic amines is 1. The Balaban J connectivity index is 2.10. The molecule has 0 saturated heterocycles. The van der Waals surface area contributed by atoms with E-state index in [4.69, 9.17) is 10.5 Å². The number of H-pyrrole nitrogens is 1. The second kappa shape index (κ2) is 4.29. The van der Waals surface area contributed by atoms with Crippen LogP contribution in [0.4, 0.5) is 0 Å². The lowest BCUT2D eigenvalue weighted by molar-refractivity contribution is 1.33. The van der Waals surface area contributed by atoms with Gasteiger partial charge in [-0.05, 0) is 42.5 Å². The zero-order chi connectivity index (χ0) is 13.2. The van der Waals surface area contributed by atoms with Crippen molar-refractivity contribution in [2.75, 3.05) is 0 Å². The van der Waals surface area contributed by atoms with Crippen molar-refractivity contribution in [1.29, 1.82) is 10.5 Å². The predicted octanol–water partition coefficient (Wildman–Crippen LogP) is 2.97. The van der Waals surface area contributed by atoms with Gasteiger partial charge in [0.05, 0.1) is 34.3 Å². The molecule has 0 aliphatic rings. The molecule has 0 atom stereocenters. The molecule has 4 nitrogen and oxygen atoms in total. The summed E-state index contributed by atoms with van der Waals surface area (Å²) in [5.74, 6) is 0.731. The monoisotopic (exact) mass is 244 g/mol. The first kappa shape index (κ1) is 11.0. The minimum atomic E-state index is 0.600. The number of imidazole rings is 1. The van der Waals surface area contributed by atoms with Gasteiger partial charge in [-0.2, -0.15) is 10.5 Å². The van der Waals surface area contributed by atoms with E-state index in [0.717, 1.165) is 22.4 Å². The van der Waals surface area contributed by atoms with E-state index in [9.17, 15) is 0 Å². The smallest absolute Gasteiger partial charge is 0.138 e. The summed E-state index contributed by atoms with van der Waals surface area (Å²) < 4.78 is 0. The van der Waals surface area contributed by atoms with Crippen molar-refractivity contribution in [2.45, 2.75) is 0 Å². The average Bonchev–Trinajstić information content (AvgIpc) is 2.90. The van der Waals surface area contributed by atoms with Gasteiger partial charge in [-0.1, -0.05) is 0 Å². The van der Waals surface area contributed by atoms with Gasteiger partial charge in [0.2, 0.25) is 0 Å². The molecule has 1 heterocycles. The Labute approximate surface area is 109 Å². The number of aromatic nitrogens is 2. The molecular formula is C15H8N4. The number of fused-ring (bicyclic) bond motifs is 1. The zero-order valence-corrected chi connectivity index (χ0v) is 9.88. The third-order valence-electron chi connectivity index (χ3n) is 2.90. The summed E-state index contributed by atoms with van der Waals surface area (Å²) in [5, 5.41) is 17.6. The molecule has 0 fully saturated rings. The maximum absolute atomic E-state index is 8.86. The van der Waals surface area contributed by atoms with Gasteiger partial charge >= 0.3 is 0 Å². The van der Waals surface area contributed by atoms with Gasteiger partial charge in [0.25, 0.3) is 0 Å². The van der Waals surface area contributed by atoms with Crippen LogP contribution in [-0.2, 0) is 0 Å². The normalized spacial score (nSPS) is 10.0. The van der Waals surface area contributed by atoms with Crippen molar-refractivity contribution in [3.05, 3.63) is 53.6 Å². The molecule has 0 spiro atoms. The summed E-state index contributed by atoms with van der Waals surface area (Å²) in [4.78, 5) is 7.64. The minimum absolute atomic E-state index is 0.600. The van der Waals surface area contributed by atoms with Crippen LogP contribution in [0.3, 0.4) is 0 Å². The number of rotatable bonds is 1. The third kappa shape index (κ3) is 1.92. The maximum Gasteiger partial charge on any atom is 0.138 e. The number of nitrogens with zero attached hydrogens (tertiary/aromatic N) is 3. The topological polar surface area (TPSA) is 76.3 Å². The van der Waals surface area contributed by atoms with E-state index in [0.29, 0.717) is 11.1 Å². The summed E-state index contributed by atoms with van der Waals surface area (Å²) in [6.07, 6.45) is 0. The summed E-state index contributed by atoms with van der Waals surface area (Å²) in [7, 11) is 0. The van der Waals surface area contributed by atoms with Crippen LogP contribution in [0.1, 0.15) is 11.1 Å². The lowest BCUT2D eigenvalue weighted by Gasteiger charge is -1.95. The van der Waals surface area contributed by atoms with Gasteiger partial charge in [-0.15, -0.1) is 0 Å². The molecule has 0 aliphatic heterocycles. The second-order valence-electron chi connectivity index (χ2n) is 4.12. The largest absolute Gasteiger partial charge is 0.338 e. The Bertz CT molecular complexity index is 829. The first-order valence-electron chi connectivity index (χ1n) is 5.70. The minimum Gasteiger partial charge on any atom is -0.338 e. The first-order chi connectivity index (χ1) is 9.30. The van der Waals surface area contributed by atoms with E-state index in [2.05, 4.69) is 22.1 Å². The van der Waals surface area contributed by atoms with E-state index < -0.39 is 0 Å². The van der Waals surface area contributed by atoms with Gasteiger partial charge < -0.3 is 4.98 Å². The van der Waals surface area contributed by atoms with Crippen molar-refractivity contribution in [1.82, 2.24) is 9.97 Å². The molecular weight excluding hydrogens is 236 g/mol. The van der Waals surface area contributed by atoms with Crippen molar-refractivity contribution >= 4 is 11.0 Å². The summed E-state index contributed by atoms with van der Waals surface area (Å²) in [6, 6.07) is 16.7. The quantitative estimate of drug-likeness (QED) is 0.714. The van der Waals surface area contributed by atoms with Gasteiger partial charge in [0.15, 0.2) is 0 Å². The lowest BCUT2D eigenvalue weighted by atomic mass is 10.1. The molecule has 0 saturated carbocycles. The highest BCUT2D eigenvalue weighted by molar-refractivity contribution is 5.80. The highest BCUT2D eigenvalue weighted by Gasteiger charge is 2.05. The average molecular weight is 244 g/mol. The Morgan fingerprint density at radius 2 is 1.58 bits per heavy atom. The number of benzene rings is 2. The van der Waals surface area contributed by atoms with Gasteiger partial charge in [-0.3, -0.25) is 0 Å². The van der Waals surface area contributed by atoms with Crippen LogP contribution in [0.5, 0.6) is 0 Å². The Hall–Kier alpha value is -3.11. The lowest BCUT2D eigenvalue weighted by Crippen LogP contribution is -1.80. The molecule has 3 rings (SSSR count). The van der Waals surface area contributed by atoms with Gasteiger partial charge in [0, 0.05) is 5.56 Å². The molecule has 0 bridgehead atoms. The highest BCUT2D eigenvalue weighted by Crippen LogP contribution is 2.21. The fraction of sp³-hybridized carbons (Fsp3) is 0. The van der Waals surface area contributed by atoms with Crippen LogP contribution in [-0.4, -0.2) is 9.97 Å². The van der Waals surface area contributed by atoms with Crippen LogP contribution in [0.15, 0.2) is 42.5 Å². The van der Waals surface area contributed by atoms with Gasteiger partial charge in [0.1, 0.15) is 5.82 Å². The van der Waals surface area contributed by atoms with Crippen molar-refractivity contribution < 1.29 is 0 Å². The molecule has 0 aliphatic carbocycles. The van der Waals surface area contributed by atoms with E-state index >= 15 is 0 Å². The molecule has 0 radical (unpaired) electrons. The molecule has 3 aromatic rings. The molecule has 88 valence electrons. The molecule has 1 aromatic heterocycles. The Morgan fingerprint density at radius 3 is 2.26 bits per heavy atom. The van der Waals surface area contributed by atoms with Crippen molar-refractivity contribution in [3.63, 3.8) is 0 Å². The standard InChI is InChI=1S/C15H8N4/c16-8-10-1-4-12(5-2-10)15-18-13-6-3-11(9-17)7-14(13)19-15/h1-7H,(H,18,19). The summed E-state index contributed by atoms with van der Waals surface area (Å²) in [5.41, 5.74) is 3.78. The number of nitriles is 2. The maximum atomic E-state index is 8.86. The van der Waals surface area contributed by atoms with Crippen LogP contribution in [0, 0.1) is 22.7 Å². The zero-order valence-electron chi connectivity index (χ0n) is 9.88. The molecule has 1 N–H and O–H groups in total. The van der Waals surface area contributed by atoms with E-state index in [1.54, 1.807) is 24.3 Å². The van der Waals surface area contributed by atoms with E-state index in [1.165, 1.54) is 0 Å². The van der Waals surface area contributed by atoms with E-state index in [-0.39, 0.29) is 0 Å². The predicted molar refractivity (Wildman–Crippen MR) is 71.0 cm³/mol. The molecule has 4 heteroatoms. The van der Waals surface area contributed by atoms with Crippen LogP contribution in [0.25, 0.3) is 22.4 Å². The molecule has 19 heavy (non-hydrogen) atoms. The number of nitrogens with one attached hydrogen (secondary N) is 1. The highest BCUT2D eigenvalue weighted by atomic mass is 14.9. The van der Waals surface area contributed by atoms with Crippen molar-refractivity contribution in [2.24, 2.45) is 0 Å². The SMILES string of the molecule is N#Cc1ccc(-c2nc3ccc(C#N)cc3[nH]2)cc1. The third-order valence-corrected chi connectivity index (χ3v) is 2.90. The molecule has 2 aromatic carbocycles. The van der Waals surface area contributed by atoms with E-state index in [1.807, 2.05) is 18.2 Å². The molecule has 0 amide bonds. The second-order valence-corrected chi connectivity index (χ2v) is 4.12. The van der Waals surface area contributed by atoms with Gasteiger partial charge in [-0.25, -0.2) is 4.98 Å². The summed E-state index contributed by atoms with van der Waals surface area (Å²) in [6.45, 7) is 0. The fourth-order valence-corrected chi connectivity index (χ4v) is 1.92. The number of hydrogen-bond acceptors (Lipinski definition) is 3. The fourth-order valence-electron chi connectivity index (χ4n) is 1.92. The van der Waals surface area contributed by atoms with Crippen LogP contribution >= 0.6 is 0 Å². The van der Waals surface area contributed by atoms with Crippen LogP contribution in [0.2, 0.25) is 0 Å². The Kier molecular flexibility index (Phi) is 2.48. The number of hydrogen-bond donors (Lipinski definition) is 1. The Morgan fingerprint density at radius 1 is 0.895 bits per heavy atom. The first-order valence-corrected chi connectivity index (χ1v) is 5.70. The van der Waals surface area contributed by atoms with Crippen LogP contribution < -0.4 is 0 Å². The summed E-state index contributed by atoms with van der Waals surface area (Å²) >= 11 is 0. The van der Waals surface area contributed by atoms with Crippen molar-refractivity contribution in [3.8, 4) is 23.5 Å².